The third kappa shape index (κ3) is 3.97. The van der Waals surface area contributed by atoms with Crippen LogP contribution >= 0.6 is 0 Å². The van der Waals surface area contributed by atoms with E-state index >= 15 is 0 Å². The minimum atomic E-state index is -0.0579. The van der Waals surface area contributed by atoms with Crippen LogP contribution in [0.25, 0.3) is 28.1 Å². The van der Waals surface area contributed by atoms with Crippen LogP contribution in [0, 0.1) is 5.92 Å². The summed E-state index contributed by atoms with van der Waals surface area (Å²) in [5.41, 5.74) is 2.99. The molecule has 0 radical (unpaired) electrons. The quantitative estimate of drug-likeness (QED) is 0.557. The second-order valence-corrected chi connectivity index (χ2v) is 7.27. The smallest absolute Gasteiger partial charge is 0.155 e. The molecule has 1 aliphatic carbocycles. The molecule has 1 atom stereocenters. The molecule has 1 unspecified atom stereocenters. The molecule has 5 rings (SSSR count). The predicted octanol–water partition coefficient (Wildman–Crippen LogP) is 4.37. The van der Waals surface area contributed by atoms with Crippen molar-refractivity contribution in [2.24, 2.45) is 5.92 Å². The molecule has 0 spiro atoms. The highest BCUT2D eigenvalue weighted by molar-refractivity contribution is 5.78. The first-order chi connectivity index (χ1) is 13.7. The SMILES string of the molecule is CC(O)C1CCCC1.c1cc(-c2ncn[nH]2)cc(-n2ccc3cccnc32)c1. The largest absolute Gasteiger partial charge is 0.393 e. The van der Waals surface area contributed by atoms with Gasteiger partial charge in [-0.2, -0.15) is 5.10 Å². The van der Waals surface area contributed by atoms with Gasteiger partial charge in [0.15, 0.2) is 5.82 Å². The maximum atomic E-state index is 9.05. The Bertz CT molecular complexity index is 1020. The summed E-state index contributed by atoms with van der Waals surface area (Å²) in [6, 6.07) is 14.2. The number of aliphatic hydroxyl groups excluding tert-OH is 1. The average Bonchev–Trinajstić information content (AvgIpc) is 3.50. The molecule has 1 aromatic carbocycles. The van der Waals surface area contributed by atoms with E-state index in [2.05, 4.69) is 42.9 Å². The zero-order valence-electron chi connectivity index (χ0n) is 16.0. The molecule has 4 aromatic rings. The van der Waals surface area contributed by atoms with Crippen LogP contribution < -0.4 is 0 Å². The first-order valence-corrected chi connectivity index (χ1v) is 9.78. The van der Waals surface area contributed by atoms with Gasteiger partial charge in [0.1, 0.15) is 12.0 Å². The lowest BCUT2D eigenvalue weighted by Gasteiger charge is -2.10. The highest BCUT2D eigenvalue weighted by Gasteiger charge is 2.18. The molecular weight excluding hydrogens is 350 g/mol. The van der Waals surface area contributed by atoms with Gasteiger partial charge in [-0.15, -0.1) is 0 Å². The number of pyridine rings is 1. The number of aliphatic hydroxyl groups is 1. The summed E-state index contributed by atoms with van der Waals surface area (Å²) in [5, 5.41) is 16.9. The number of aromatic nitrogens is 5. The Morgan fingerprint density at radius 1 is 1.11 bits per heavy atom. The van der Waals surface area contributed by atoms with Gasteiger partial charge in [-0.3, -0.25) is 5.10 Å². The summed E-state index contributed by atoms with van der Waals surface area (Å²) in [5.74, 6) is 1.38. The first-order valence-electron chi connectivity index (χ1n) is 9.78. The van der Waals surface area contributed by atoms with E-state index in [4.69, 9.17) is 5.11 Å². The van der Waals surface area contributed by atoms with Gasteiger partial charge in [0, 0.05) is 29.0 Å². The molecule has 0 aliphatic heterocycles. The van der Waals surface area contributed by atoms with Crippen LogP contribution in [0.2, 0.25) is 0 Å². The number of benzene rings is 1. The summed E-state index contributed by atoms with van der Waals surface area (Å²) in [6.45, 7) is 1.90. The van der Waals surface area contributed by atoms with Crippen molar-refractivity contribution in [3.05, 3.63) is 61.2 Å². The highest BCUT2D eigenvalue weighted by Crippen LogP contribution is 2.27. The van der Waals surface area contributed by atoms with Crippen LogP contribution in [-0.4, -0.2) is 35.9 Å². The Balaban J connectivity index is 0.000000203. The number of nitrogens with one attached hydrogen (secondary N) is 1. The van der Waals surface area contributed by atoms with Crippen molar-refractivity contribution in [2.45, 2.75) is 38.7 Å². The summed E-state index contributed by atoms with van der Waals surface area (Å²) in [6.07, 6.45) is 10.4. The molecule has 6 nitrogen and oxygen atoms in total. The highest BCUT2D eigenvalue weighted by atomic mass is 16.3. The van der Waals surface area contributed by atoms with E-state index in [1.165, 1.54) is 32.0 Å². The third-order valence-corrected chi connectivity index (χ3v) is 5.34. The fourth-order valence-electron chi connectivity index (χ4n) is 3.76. The summed E-state index contributed by atoms with van der Waals surface area (Å²) >= 11 is 0. The Morgan fingerprint density at radius 2 is 1.96 bits per heavy atom. The van der Waals surface area contributed by atoms with Crippen LogP contribution in [0.3, 0.4) is 0 Å². The molecule has 2 N–H and O–H groups in total. The monoisotopic (exact) mass is 375 g/mol. The number of rotatable bonds is 3. The van der Waals surface area contributed by atoms with Gasteiger partial charge in [-0.1, -0.05) is 25.0 Å². The zero-order chi connectivity index (χ0) is 19.3. The van der Waals surface area contributed by atoms with Crippen molar-refractivity contribution in [3.8, 4) is 17.1 Å². The number of H-pyrrole nitrogens is 1. The molecule has 0 saturated heterocycles. The lowest BCUT2D eigenvalue weighted by atomic mass is 10.0. The van der Waals surface area contributed by atoms with Crippen molar-refractivity contribution in [2.75, 3.05) is 0 Å². The van der Waals surface area contributed by atoms with Gasteiger partial charge in [-0.05, 0) is 56.0 Å². The number of nitrogens with zero attached hydrogens (tertiary/aromatic N) is 4. The van der Waals surface area contributed by atoms with Crippen molar-refractivity contribution in [1.82, 2.24) is 24.7 Å². The molecule has 3 heterocycles. The molecular formula is C22H25N5O. The predicted molar refractivity (Wildman–Crippen MR) is 110 cm³/mol. The maximum absolute atomic E-state index is 9.05. The van der Waals surface area contributed by atoms with Gasteiger partial charge in [0.25, 0.3) is 0 Å². The van der Waals surface area contributed by atoms with E-state index in [1.807, 2.05) is 37.4 Å². The molecule has 1 aliphatic rings. The van der Waals surface area contributed by atoms with Crippen molar-refractivity contribution < 1.29 is 5.11 Å². The van der Waals surface area contributed by atoms with Gasteiger partial charge < -0.3 is 9.67 Å². The molecule has 28 heavy (non-hydrogen) atoms. The number of hydrogen-bond acceptors (Lipinski definition) is 4. The normalized spacial score (nSPS) is 15.4. The summed E-state index contributed by atoms with van der Waals surface area (Å²) < 4.78 is 2.06. The lowest BCUT2D eigenvalue weighted by molar-refractivity contribution is 0.129. The minimum Gasteiger partial charge on any atom is -0.393 e. The second kappa shape index (κ2) is 8.35. The topological polar surface area (TPSA) is 79.6 Å². The Morgan fingerprint density at radius 3 is 2.68 bits per heavy atom. The number of aromatic amines is 1. The minimum absolute atomic E-state index is 0.0579. The Kier molecular flexibility index (Phi) is 5.48. The van der Waals surface area contributed by atoms with Crippen LogP contribution in [0.4, 0.5) is 0 Å². The Labute approximate surface area is 164 Å². The van der Waals surface area contributed by atoms with E-state index in [-0.39, 0.29) is 6.10 Å². The van der Waals surface area contributed by atoms with Crippen molar-refractivity contribution >= 4 is 11.0 Å². The van der Waals surface area contributed by atoms with Crippen LogP contribution in [0.1, 0.15) is 32.6 Å². The van der Waals surface area contributed by atoms with Crippen molar-refractivity contribution in [1.29, 1.82) is 0 Å². The fraction of sp³-hybridized carbons (Fsp3) is 0.318. The van der Waals surface area contributed by atoms with E-state index < -0.39 is 0 Å². The van der Waals surface area contributed by atoms with Gasteiger partial charge in [0.2, 0.25) is 0 Å². The zero-order valence-corrected chi connectivity index (χ0v) is 16.0. The van der Waals surface area contributed by atoms with E-state index in [0.29, 0.717) is 5.92 Å². The van der Waals surface area contributed by atoms with Gasteiger partial charge >= 0.3 is 0 Å². The molecule has 144 valence electrons. The third-order valence-electron chi connectivity index (χ3n) is 5.34. The standard InChI is InChI=1S/C15H11N5.C7H14O/c1-3-12(14-17-10-18-19-14)9-13(5-1)20-8-6-11-4-2-7-16-15(11)20;1-6(8)7-4-2-3-5-7/h1-10H,(H,17,18,19);6-8H,2-5H2,1H3. The maximum Gasteiger partial charge on any atom is 0.155 e. The lowest BCUT2D eigenvalue weighted by Crippen LogP contribution is -2.11. The average molecular weight is 375 g/mol. The van der Waals surface area contributed by atoms with Crippen LogP contribution in [0.5, 0.6) is 0 Å². The first kappa shape index (κ1) is 18.4. The second-order valence-electron chi connectivity index (χ2n) is 7.27. The van der Waals surface area contributed by atoms with E-state index in [9.17, 15) is 0 Å². The van der Waals surface area contributed by atoms with E-state index in [1.54, 1.807) is 6.20 Å². The number of hydrogen-bond donors (Lipinski definition) is 2. The van der Waals surface area contributed by atoms with Crippen LogP contribution in [-0.2, 0) is 0 Å². The van der Waals surface area contributed by atoms with E-state index in [0.717, 1.165) is 28.1 Å². The van der Waals surface area contributed by atoms with Crippen LogP contribution in [0.15, 0.2) is 61.2 Å². The molecule has 6 heteroatoms. The molecule has 0 bridgehead atoms. The summed E-state index contributed by atoms with van der Waals surface area (Å²) in [7, 11) is 0. The van der Waals surface area contributed by atoms with Gasteiger partial charge in [-0.25, -0.2) is 9.97 Å². The molecule has 3 aromatic heterocycles. The van der Waals surface area contributed by atoms with Gasteiger partial charge in [0.05, 0.1) is 6.10 Å². The van der Waals surface area contributed by atoms with Crippen molar-refractivity contribution in [3.63, 3.8) is 0 Å². The Hall–Kier alpha value is -2.99. The molecule has 0 amide bonds. The molecule has 1 saturated carbocycles. The summed E-state index contributed by atoms with van der Waals surface area (Å²) in [4.78, 5) is 8.62. The fourth-order valence-corrected chi connectivity index (χ4v) is 3.76. The molecule has 1 fully saturated rings. The number of fused-ring (bicyclic) bond motifs is 1.